The van der Waals surface area contributed by atoms with Gasteiger partial charge < -0.3 is 0 Å². The molecule has 0 radical (unpaired) electrons. The highest BCUT2D eigenvalue weighted by atomic mass is 32.1. The standard InChI is InChI=1S/C13H15N3S/c1-2-9-3-7-11(8-4-9)16-12(10-5-6-10)14-15-13(16)17/h3-4,7-8,10H,2,5-6H2,1H3,(H,15,17). The first-order valence-corrected chi connectivity index (χ1v) is 6.47. The van der Waals surface area contributed by atoms with Gasteiger partial charge in [0.1, 0.15) is 5.82 Å². The zero-order valence-electron chi connectivity index (χ0n) is 9.81. The van der Waals surface area contributed by atoms with Crippen LogP contribution in [0.25, 0.3) is 5.69 Å². The fourth-order valence-electron chi connectivity index (χ4n) is 2.05. The average molecular weight is 245 g/mol. The smallest absolute Gasteiger partial charge is 0.199 e. The number of benzene rings is 1. The second-order valence-corrected chi connectivity index (χ2v) is 4.90. The molecular formula is C13H15N3S. The normalized spacial score (nSPS) is 15.1. The summed E-state index contributed by atoms with van der Waals surface area (Å²) in [6.07, 6.45) is 3.52. The van der Waals surface area contributed by atoms with Crippen molar-refractivity contribution < 1.29 is 0 Å². The maximum absolute atomic E-state index is 5.31. The van der Waals surface area contributed by atoms with E-state index in [2.05, 4.69) is 46.0 Å². The molecule has 1 fully saturated rings. The second-order valence-electron chi connectivity index (χ2n) is 4.52. The number of H-pyrrole nitrogens is 1. The van der Waals surface area contributed by atoms with Crippen LogP contribution in [0.3, 0.4) is 0 Å². The number of aryl methyl sites for hydroxylation is 1. The summed E-state index contributed by atoms with van der Waals surface area (Å²) in [4.78, 5) is 0. The lowest BCUT2D eigenvalue weighted by atomic mass is 10.1. The molecular weight excluding hydrogens is 230 g/mol. The first kappa shape index (κ1) is 10.7. The largest absolute Gasteiger partial charge is 0.272 e. The lowest BCUT2D eigenvalue weighted by Crippen LogP contribution is -2.00. The maximum atomic E-state index is 5.31. The summed E-state index contributed by atoms with van der Waals surface area (Å²) >= 11 is 5.31. The summed E-state index contributed by atoms with van der Waals surface area (Å²) in [5, 5.41) is 7.24. The number of aromatic nitrogens is 3. The Morgan fingerprint density at radius 1 is 1.35 bits per heavy atom. The zero-order chi connectivity index (χ0) is 11.8. The number of hydrogen-bond acceptors (Lipinski definition) is 2. The van der Waals surface area contributed by atoms with E-state index in [4.69, 9.17) is 12.2 Å². The molecule has 2 aromatic rings. The summed E-state index contributed by atoms with van der Waals surface area (Å²) in [5.41, 5.74) is 2.46. The molecule has 1 aromatic heterocycles. The molecule has 1 saturated carbocycles. The van der Waals surface area contributed by atoms with Crippen molar-refractivity contribution in [3.8, 4) is 5.69 Å². The first-order valence-electron chi connectivity index (χ1n) is 6.06. The van der Waals surface area contributed by atoms with Crippen LogP contribution in [0.5, 0.6) is 0 Å². The van der Waals surface area contributed by atoms with Gasteiger partial charge in [-0.3, -0.25) is 9.67 Å². The van der Waals surface area contributed by atoms with Gasteiger partial charge >= 0.3 is 0 Å². The minimum absolute atomic E-state index is 0.591. The third-order valence-electron chi connectivity index (χ3n) is 3.24. The molecule has 1 aromatic carbocycles. The van der Waals surface area contributed by atoms with Gasteiger partial charge in [-0.1, -0.05) is 19.1 Å². The Morgan fingerprint density at radius 2 is 2.06 bits per heavy atom. The quantitative estimate of drug-likeness (QED) is 0.841. The molecule has 0 saturated heterocycles. The number of nitrogens with zero attached hydrogens (tertiary/aromatic N) is 2. The van der Waals surface area contributed by atoms with Crippen molar-refractivity contribution >= 4 is 12.2 Å². The number of rotatable bonds is 3. The van der Waals surface area contributed by atoms with Gasteiger partial charge in [-0.05, 0) is 49.2 Å². The van der Waals surface area contributed by atoms with Crippen molar-refractivity contribution in [2.45, 2.75) is 32.1 Å². The summed E-state index contributed by atoms with van der Waals surface area (Å²) < 4.78 is 2.75. The van der Waals surface area contributed by atoms with Gasteiger partial charge in [0, 0.05) is 11.6 Å². The van der Waals surface area contributed by atoms with Crippen molar-refractivity contribution in [2.75, 3.05) is 0 Å². The topological polar surface area (TPSA) is 33.6 Å². The van der Waals surface area contributed by atoms with Gasteiger partial charge in [0.25, 0.3) is 0 Å². The molecule has 0 spiro atoms. The molecule has 1 heterocycles. The molecule has 1 N–H and O–H groups in total. The number of nitrogens with one attached hydrogen (secondary N) is 1. The molecule has 0 aliphatic heterocycles. The molecule has 1 aliphatic rings. The molecule has 0 unspecified atom stereocenters. The summed E-state index contributed by atoms with van der Waals surface area (Å²) in [6, 6.07) is 8.55. The van der Waals surface area contributed by atoms with Gasteiger partial charge in [-0.25, -0.2) is 0 Å². The molecule has 17 heavy (non-hydrogen) atoms. The van der Waals surface area contributed by atoms with Gasteiger partial charge in [0.2, 0.25) is 0 Å². The molecule has 0 amide bonds. The Morgan fingerprint density at radius 3 is 2.65 bits per heavy atom. The van der Waals surface area contributed by atoms with E-state index >= 15 is 0 Å². The molecule has 3 rings (SSSR count). The van der Waals surface area contributed by atoms with Gasteiger partial charge in [0.15, 0.2) is 4.77 Å². The van der Waals surface area contributed by atoms with Crippen molar-refractivity contribution in [2.24, 2.45) is 0 Å². The Labute approximate surface area is 105 Å². The van der Waals surface area contributed by atoms with E-state index in [-0.39, 0.29) is 0 Å². The molecule has 3 nitrogen and oxygen atoms in total. The van der Waals surface area contributed by atoms with Crippen LogP contribution >= 0.6 is 12.2 Å². The lowest BCUT2D eigenvalue weighted by molar-refractivity contribution is 0.868. The summed E-state index contributed by atoms with van der Waals surface area (Å²) in [5.74, 6) is 1.67. The van der Waals surface area contributed by atoms with Crippen molar-refractivity contribution in [1.82, 2.24) is 14.8 Å². The van der Waals surface area contributed by atoms with Crippen LogP contribution in [-0.4, -0.2) is 14.8 Å². The fraction of sp³-hybridized carbons (Fsp3) is 0.385. The summed E-state index contributed by atoms with van der Waals surface area (Å²) in [7, 11) is 0. The average Bonchev–Trinajstić information content (AvgIpc) is 3.13. The zero-order valence-corrected chi connectivity index (χ0v) is 10.6. The molecule has 0 bridgehead atoms. The van der Waals surface area contributed by atoms with Crippen LogP contribution < -0.4 is 0 Å². The van der Waals surface area contributed by atoms with E-state index in [0.29, 0.717) is 10.7 Å². The Bertz CT molecular complexity index is 575. The molecule has 0 atom stereocenters. The first-order chi connectivity index (χ1) is 8.29. The third-order valence-corrected chi connectivity index (χ3v) is 3.52. The van der Waals surface area contributed by atoms with Crippen molar-refractivity contribution in [3.63, 3.8) is 0 Å². The van der Waals surface area contributed by atoms with Crippen LogP contribution in [0.2, 0.25) is 0 Å². The Kier molecular flexibility index (Phi) is 2.59. The van der Waals surface area contributed by atoms with Crippen LogP contribution in [0.1, 0.15) is 37.1 Å². The molecule has 4 heteroatoms. The monoisotopic (exact) mass is 245 g/mol. The Hall–Kier alpha value is -1.42. The highest BCUT2D eigenvalue weighted by molar-refractivity contribution is 7.71. The van der Waals surface area contributed by atoms with Crippen LogP contribution in [0, 0.1) is 4.77 Å². The van der Waals surface area contributed by atoms with Gasteiger partial charge in [-0.2, -0.15) is 5.10 Å². The van der Waals surface area contributed by atoms with Crippen molar-refractivity contribution in [3.05, 3.63) is 40.4 Å². The predicted octanol–water partition coefficient (Wildman–Crippen LogP) is 3.37. The van der Waals surface area contributed by atoms with E-state index in [1.807, 2.05) is 0 Å². The Balaban J connectivity index is 2.07. The minimum atomic E-state index is 0.591. The second kappa shape index (κ2) is 4.11. The highest BCUT2D eigenvalue weighted by Gasteiger charge is 2.29. The summed E-state index contributed by atoms with van der Waals surface area (Å²) in [6.45, 7) is 2.16. The van der Waals surface area contributed by atoms with Crippen LogP contribution in [0.4, 0.5) is 0 Å². The minimum Gasteiger partial charge on any atom is -0.272 e. The fourth-order valence-corrected chi connectivity index (χ4v) is 2.30. The van der Waals surface area contributed by atoms with E-state index in [0.717, 1.165) is 17.9 Å². The third kappa shape index (κ3) is 1.93. The number of aromatic amines is 1. The van der Waals surface area contributed by atoms with Gasteiger partial charge in [0.05, 0.1) is 0 Å². The lowest BCUT2D eigenvalue weighted by Gasteiger charge is -2.06. The SMILES string of the molecule is CCc1ccc(-n2c(C3CC3)n[nH]c2=S)cc1. The maximum Gasteiger partial charge on any atom is 0.199 e. The van der Waals surface area contributed by atoms with Crippen LogP contribution in [0.15, 0.2) is 24.3 Å². The van der Waals surface area contributed by atoms with Crippen molar-refractivity contribution in [1.29, 1.82) is 0 Å². The molecule has 88 valence electrons. The highest BCUT2D eigenvalue weighted by Crippen LogP contribution is 2.39. The van der Waals surface area contributed by atoms with E-state index < -0.39 is 0 Å². The molecule has 1 aliphatic carbocycles. The van der Waals surface area contributed by atoms with Crippen LogP contribution in [-0.2, 0) is 6.42 Å². The van der Waals surface area contributed by atoms with E-state index in [1.54, 1.807) is 0 Å². The van der Waals surface area contributed by atoms with Gasteiger partial charge in [-0.15, -0.1) is 0 Å². The predicted molar refractivity (Wildman–Crippen MR) is 70.1 cm³/mol. The van der Waals surface area contributed by atoms with E-state index in [9.17, 15) is 0 Å². The van der Waals surface area contributed by atoms with E-state index in [1.165, 1.54) is 18.4 Å². The number of hydrogen-bond donors (Lipinski definition) is 1.